The summed E-state index contributed by atoms with van der Waals surface area (Å²) >= 11 is 0. The van der Waals surface area contributed by atoms with Gasteiger partial charge in [0.05, 0.1) is 0 Å². The number of amides is 1. The van der Waals surface area contributed by atoms with E-state index in [4.69, 9.17) is 4.52 Å². The molecule has 1 aliphatic heterocycles. The minimum Gasteiger partial charge on any atom is -0.337 e. The molecular weight excluding hydrogens is 292 g/mol. The number of nitrogens with zero attached hydrogens (tertiary/aromatic N) is 4. The Hall–Kier alpha value is -3.02. The zero-order chi connectivity index (χ0) is 15.6. The number of likely N-dealkylation sites (tertiary alicyclic amines) is 1. The van der Waals surface area contributed by atoms with Crippen LogP contribution in [0.5, 0.6) is 0 Å². The van der Waals surface area contributed by atoms with Crippen LogP contribution < -0.4 is 0 Å². The highest BCUT2D eigenvalue weighted by Crippen LogP contribution is 2.34. The van der Waals surface area contributed by atoms with Crippen molar-refractivity contribution < 1.29 is 9.32 Å². The number of benzene rings is 1. The molecule has 6 nitrogen and oxygen atoms in total. The number of aromatic nitrogens is 3. The summed E-state index contributed by atoms with van der Waals surface area (Å²) < 4.78 is 5.36. The van der Waals surface area contributed by atoms with E-state index in [1.165, 1.54) is 0 Å². The Balaban J connectivity index is 1.55. The molecule has 23 heavy (non-hydrogen) atoms. The monoisotopic (exact) mass is 306 g/mol. The molecular formula is C17H14N4O2. The molecule has 2 aromatic heterocycles. The van der Waals surface area contributed by atoms with Gasteiger partial charge in [0.2, 0.25) is 11.7 Å². The predicted molar refractivity (Wildman–Crippen MR) is 82.4 cm³/mol. The van der Waals surface area contributed by atoms with Gasteiger partial charge in [-0.1, -0.05) is 23.4 Å². The standard InChI is InChI=1S/C17H14N4O2/c22-17(12-5-2-1-3-6-12)21-10-8-14(21)16-19-15(20-23-16)13-7-4-9-18-11-13/h1-7,9,11,14H,8,10H2/t14-/m1/s1. The van der Waals surface area contributed by atoms with Gasteiger partial charge in [-0.2, -0.15) is 4.98 Å². The summed E-state index contributed by atoms with van der Waals surface area (Å²) in [5.74, 6) is 0.953. The van der Waals surface area contributed by atoms with Crippen molar-refractivity contribution in [3.63, 3.8) is 0 Å². The molecule has 0 spiro atoms. The molecule has 1 aromatic carbocycles. The number of rotatable bonds is 3. The van der Waals surface area contributed by atoms with Crippen molar-refractivity contribution in [3.8, 4) is 11.4 Å². The zero-order valence-corrected chi connectivity index (χ0v) is 12.3. The van der Waals surface area contributed by atoms with Crippen molar-refractivity contribution in [2.75, 3.05) is 6.54 Å². The molecule has 3 heterocycles. The van der Waals surface area contributed by atoms with Crippen LogP contribution >= 0.6 is 0 Å². The highest BCUT2D eigenvalue weighted by atomic mass is 16.5. The molecule has 4 rings (SSSR count). The first-order valence-electron chi connectivity index (χ1n) is 7.43. The van der Waals surface area contributed by atoms with Gasteiger partial charge in [-0.25, -0.2) is 0 Å². The molecule has 0 aliphatic carbocycles. The fourth-order valence-corrected chi connectivity index (χ4v) is 2.62. The number of carbonyl (C=O) groups excluding carboxylic acids is 1. The predicted octanol–water partition coefficient (Wildman–Crippen LogP) is 2.72. The fourth-order valence-electron chi connectivity index (χ4n) is 2.62. The molecule has 1 saturated heterocycles. The van der Waals surface area contributed by atoms with E-state index in [1.54, 1.807) is 17.3 Å². The molecule has 1 atom stereocenters. The molecule has 0 saturated carbocycles. The van der Waals surface area contributed by atoms with Crippen molar-refractivity contribution in [2.24, 2.45) is 0 Å². The van der Waals surface area contributed by atoms with E-state index in [0.29, 0.717) is 23.8 Å². The average Bonchev–Trinajstić information content (AvgIpc) is 3.05. The van der Waals surface area contributed by atoms with Crippen molar-refractivity contribution >= 4 is 5.91 Å². The summed E-state index contributed by atoms with van der Waals surface area (Å²) in [7, 11) is 0. The Morgan fingerprint density at radius 2 is 2.04 bits per heavy atom. The quantitative estimate of drug-likeness (QED) is 0.744. The second-order valence-electron chi connectivity index (χ2n) is 5.37. The number of hydrogen-bond donors (Lipinski definition) is 0. The van der Waals surface area contributed by atoms with Crippen LogP contribution in [0.4, 0.5) is 0 Å². The molecule has 1 amide bonds. The van der Waals surface area contributed by atoms with Gasteiger partial charge in [0.25, 0.3) is 5.91 Å². The van der Waals surface area contributed by atoms with E-state index in [1.807, 2.05) is 42.5 Å². The van der Waals surface area contributed by atoms with Crippen molar-refractivity contribution in [1.29, 1.82) is 0 Å². The average molecular weight is 306 g/mol. The number of hydrogen-bond acceptors (Lipinski definition) is 5. The maximum atomic E-state index is 12.5. The minimum atomic E-state index is -0.152. The SMILES string of the molecule is O=C(c1ccccc1)N1CC[C@@H]1c1nc(-c2cccnc2)no1. The highest BCUT2D eigenvalue weighted by Gasteiger charge is 2.37. The van der Waals surface area contributed by atoms with E-state index >= 15 is 0 Å². The Bertz CT molecular complexity index is 817. The molecule has 0 radical (unpaired) electrons. The maximum Gasteiger partial charge on any atom is 0.254 e. The second kappa shape index (κ2) is 5.64. The maximum absolute atomic E-state index is 12.5. The first-order chi connectivity index (χ1) is 11.3. The van der Waals surface area contributed by atoms with Crippen LogP contribution in [0.3, 0.4) is 0 Å². The van der Waals surface area contributed by atoms with E-state index in [2.05, 4.69) is 15.1 Å². The lowest BCUT2D eigenvalue weighted by atomic mass is 10.0. The van der Waals surface area contributed by atoms with Crippen molar-refractivity contribution in [1.82, 2.24) is 20.0 Å². The Kier molecular flexibility index (Phi) is 3.34. The Labute approximate surface area is 132 Å². The van der Waals surface area contributed by atoms with Crippen molar-refractivity contribution in [2.45, 2.75) is 12.5 Å². The van der Waals surface area contributed by atoms with Gasteiger partial charge in [0.1, 0.15) is 6.04 Å². The second-order valence-corrected chi connectivity index (χ2v) is 5.37. The molecule has 1 fully saturated rings. The summed E-state index contributed by atoms with van der Waals surface area (Å²) in [5, 5.41) is 3.99. The van der Waals surface area contributed by atoms with Crippen LogP contribution in [-0.4, -0.2) is 32.5 Å². The first kappa shape index (κ1) is 13.6. The number of carbonyl (C=O) groups is 1. The lowest BCUT2D eigenvalue weighted by Gasteiger charge is -2.38. The van der Waals surface area contributed by atoms with E-state index < -0.39 is 0 Å². The van der Waals surface area contributed by atoms with Crippen LogP contribution in [-0.2, 0) is 0 Å². The smallest absolute Gasteiger partial charge is 0.254 e. The summed E-state index contributed by atoms with van der Waals surface area (Å²) in [5.41, 5.74) is 1.46. The minimum absolute atomic E-state index is 0.0111. The van der Waals surface area contributed by atoms with E-state index in [9.17, 15) is 4.79 Å². The van der Waals surface area contributed by atoms with Crippen LogP contribution in [0.2, 0.25) is 0 Å². The third-order valence-electron chi connectivity index (χ3n) is 3.95. The van der Waals surface area contributed by atoms with Crippen LogP contribution in [0.1, 0.15) is 28.7 Å². The Morgan fingerprint density at radius 3 is 2.74 bits per heavy atom. The zero-order valence-electron chi connectivity index (χ0n) is 12.3. The summed E-state index contributed by atoms with van der Waals surface area (Å²) in [6.45, 7) is 0.697. The third-order valence-corrected chi connectivity index (χ3v) is 3.95. The van der Waals surface area contributed by atoms with E-state index in [0.717, 1.165) is 12.0 Å². The Morgan fingerprint density at radius 1 is 1.17 bits per heavy atom. The van der Waals surface area contributed by atoms with Crippen LogP contribution in [0, 0.1) is 0 Å². The summed E-state index contributed by atoms with van der Waals surface area (Å²) in [4.78, 5) is 22.7. The van der Waals surface area contributed by atoms with Gasteiger partial charge in [-0.05, 0) is 30.7 Å². The van der Waals surface area contributed by atoms with Gasteiger partial charge in [0.15, 0.2) is 0 Å². The molecule has 0 unspecified atom stereocenters. The van der Waals surface area contributed by atoms with Gasteiger partial charge >= 0.3 is 0 Å². The van der Waals surface area contributed by atoms with Gasteiger partial charge in [0, 0.05) is 30.1 Å². The van der Waals surface area contributed by atoms with Crippen LogP contribution in [0.25, 0.3) is 11.4 Å². The van der Waals surface area contributed by atoms with E-state index in [-0.39, 0.29) is 11.9 Å². The van der Waals surface area contributed by atoms with Gasteiger partial charge in [-0.3, -0.25) is 9.78 Å². The molecule has 0 N–H and O–H groups in total. The molecule has 1 aliphatic rings. The lowest BCUT2D eigenvalue weighted by molar-refractivity contribution is 0.0379. The molecule has 3 aromatic rings. The summed E-state index contributed by atoms with van der Waals surface area (Å²) in [6.07, 6.45) is 4.20. The highest BCUT2D eigenvalue weighted by molar-refractivity contribution is 5.94. The third kappa shape index (κ3) is 2.48. The largest absolute Gasteiger partial charge is 0.337 e. The first-order valence-corrected chi connectivity index (χ1v) is 7.43. The lowest BCUT2D eigenvalue weighted by Crippen LogP contribution is -2.45. The van der Waals surface area contributed by atoms with Gasteiger partial charge in [-0.15, -0.1) is 0 Å². The van der Waals surface area contributed by atoms with Crippen LogP contribution in [0.15, 0.2) is 59.4 Å². The fraction of sp³-hybridized carbons (Fsp3) is 0.176. The molecule has 0 bridgehead atoms. The van der Waals surface area contributed by atoms with Gasteiger partial charge < -0.3 is 9.42 Å². The summed E-state index contributed by atoms with van der Waals surface area (Å²) in [6, 6.07) is 12.8. The number of pyridine rings is 1. The molecule has 6 heteroatoms. The van der Waals surface area contributed by atoms with Crippen molar-refractivity contribution in [3.05, 3.63) is 66.3 Å². The molecule has 114 valence electrons. The topological polar surface area (TPSA) is 72.1 Å². The normalized spacial score (nSPS) is 16.9.